The molecular formula is C15H16N2O4. The number of nitrogens with zero attached hydrogens (tertiary/aromatic N) is 2. The molecule has 0 amide bonds. The summed E-state index contributed by atoms with van der Waals surface area (Å²) in [6.07, 6.45) is 4.27. The Bertz CT molecular complexity index is 664. The van der Waals surface area contributed by atoms with Gasteiger partial charge in [-0.05, 0) is 19.9 Å². The summed E-state index contributed by atoms with van der Waals surface area (Å²) in [7, 11) is 0. The van der Waals surface area contributed by atoms with E-state index in [0.717, 1.165) is 12.0 Å². The number of carbonyl (C=O) groups excluding carboxylic acids is 1. The zero-order chi connectivity index (χ0) is 14.8. The Morgan fingerprint density at radius 3 is 2.86 bits per heavy atom. The highest BCUT2D eigenvalue weighted by Crippen LogP contribution is 2.37. The van der Waals surface area contributed by atoms with Gasteiger partial charge in [0.2, 0.25) is 6.79 Å². The number of fused-ring (bicyclic) bond motifs is 1. The first-order valence-corrected chi connectivity index (χ1v) is 6.71. The molecule has 2 heterocycles. The lowest BCUT2D eigenvalue weighted by Crippen LogP contribution is -2.07. The smallest absolute Gasteiger partial charge is 0.231 e. The maximum Gasteiger partial charge on any atom is 0.231 e. The fourth-order valence-corrected chi connectivity index (χ4v) is 2.22. The van der Waals surface area contributed by atoms with Crippen LogP contribution in [-0.4, -0.2) is 22.6 Å². The van der Waals surface area contributed by atoms with Gasteiger partial charge in [-0.3, -0.25) is 4.79 Å². The van der Waals surface area contributed by atoms with Gasteiger partial charge in [-0.2, -0.15) is 0 Å². The van der Waals surface area contributed by atoms with Gasteiger partial charge < -0.3 is 18.8 Å². The van der Waals surface area contributed by atoms with Crippen LogP contribution < -0.4 is 14.2 Å². The van der Waals surface area contributed by atoms with Gasteiger partial charge in [0.15, 0.2) is 17.8 Å². The van der Waals surface area contributed by atoms with Crippen molar-refractivity contribution in [3.05, 3.63) is 35.9 Å². The summed E-state index contributed by atoms with van der Waals surface area (Å²) in [5, 5.41) is 0. The molecule has 6 heteroatoms. The highest BCUT2D eigenvalue weighted by atomic mass is 16.7. The largest absolute Gasteiger partial charge is 0.486 e. The maximum atomic E-state index is 11.2. The number of imidazole rings is 1. The van der Waals surface area contributed by atoms with Crippen molar-refractivity contribution in [2.75, 3.05) is 6.79 Å². The van der Waals surface area contributed by atoms with E-state index in [9.17, 15) is 4.79 Å². The lowest BCUT2D eigenvalue weighted by Gasteiger charge is -2.13. The second-order valence-electron chi connectivity index (χ2n) is 5.04. The predicted octanol–water partition coefficient (Wildman–Crippen LogP) is 2.58. The van der Waals surface area contributed by atoms with Crippen LogP contribution in [0.2, 0.25) is 0 Å². The predicted molar refractivity (Wildman–Crippen MR) is 74.9 cm³/mol. The first kappa shape index (κ1) is 13.5. The van der Waals surface area contributed by atoms with Gasteiger partial charge in [0, 0.05) is 12.1 Å². The van der Waals surface area contributed by atoms with Crippen LogP contribution in [0.5, 0.6) is 17.2 Å². The minimum atomic E-state index is 0.164. The highest BCUT2D eigenvalue weighted by molar-refractivity contribution is 5.81. The zero-order valence-electron chi connectivity index (χ0n) is 11.9. The number of benzene rings is 1. The molecule has 0 saturated heterocycles. The number of ether oxygens (including phenoxy) is 3. The lowest BCUT2D eigenvalue weighted by atomic mass is 10.2. The molecule has 2 aromatic rings. The van der Waals surface area contributed by atoms with E-state index in [4.69, 9.17) is 14.2 Å². The molecule has 0 spiro atoms. The van der Waals surface area contributed by atoms with Gasteiger partial charge >= 0.3 is 0 Å². The summed E-state index contributed by atoms with van der Waals surface area (Å²) in [6, 6.07) is 3.61. The van der Waals surface area contributed by atoms with E-state index in [1.54, 1.807) is 24.7 Å². The van der Waals surface area contributed by atoms with Gasteiger partial charge in [-0.15, -0.1) is 0 Å². The Morgan fingerprint density at radius 1 is 1.38 bits per heavy atom. The fraction of sp³-hybridized carbons (Fsp3) is 0.333. The van der Waals surface area contributed by atoms with Crippen molar-refractivity contribution >= 4 is 6.29 Å². The normalized spacial score (nSPS) is 12.7. The van der Waals surface area contributed by atoms with E-state index in [1.807, 2.05) is 4.57 Å². The summed E-state index contributed by atoms with van der Waals surface area (Å²) in [6.45, 7) is 4.64. The van der Waals surface area contributed by atoms with Gasteiger partial charge in [0.1, 0.15) is 12.4 Å². The van der Waals surface area contributed by atoms with Crippen molar-refractivity contribution in [2.24, 2.45) is 0 Å². The molecule has 3 rings (SSSR count). The van der Waals surface area contributed by atoms with E-state index < -0.39 is 0 Å². The molecular weight excluding hydrogens is 272 g/mol. The molecule has 0 atom stereocenters. The average Bonchev–Trinajstić information content (AvgIpc) is 3.12. The fourth-order valence-electron chi connectivity index (χ4n) is 2.22. The second kappa shape index (κ2) is 5.47. The molecule has 1 aromatic heterocycles. The Hall–Kier alpha value is -2.50. The first-order valence-electron chi connectivity index (χ1n) is 6.71. The molecule has 21 heavy (non-hydrogen) atoms. The van der Waals surface area contributed by atoms with E-state index in [1.165, 1.54) is 0 Å². The minimum absolute atomic E-state index is 0.164. The minimum Gasteiger partial charge on any atom is -0.486 e. The van der Waals surface area contributed by atoms with Crippen molar-refractivity contribution in [3.63, 3.8) is 0 Å². The third kappa shape index (κ3) is 2.56. The number of aromatic nitrogens is 2. The number of hydrogen-bond donors (Lipinski definition) is 0. The Morgan fingerprint density at radius 2 is 2.14 bits per heavy atom. The van der Waals surface area contributed by atoms with E-state index in [0.29, 0.717) is 35.5 Å². The van der Waals surface area contributed by atoms with Crippen molar-refractivity contribution in [3.8, 4) is 17.2 Å². The average molecular weight is 288 g/mol. The molecule has 0 aliphatic carbocycles. The molecule has 0 fully saturated rings. The molecule has 0 bridgehead atoms. The van der Waals surface area contributed by atoms with E-state index >= 15 is 0 Å². The van der Waals surface area contributed by atoms with Gasteiger partial charge in [-0.1, -0.05) is 0 Å². The topological polar surface area (TPSA) is 62.6 Å². The van der Waals surface area contributed by atoms with Crippen molar-refractivity contribution < 1.29 is 19.0 Å². The number of carbonyl (C=O) groups is 1. The molecule has 1 aliphatic heterocycles. The number of aldehydes is 1. The summed E-state index contributed by atoms with van der Waals surface area (Å²) < 4.78 is 18.3. The molecule has 0 saturated carbocycles. The van der Waals surface area contributed by atoms with Crippen LogP contribution in [0.25, 0.3) is 0 Å². The molecule has 0 N–H and O–H groups in total. The van der Waals surface area contributed by atoms with Crippen LogP contribution in [0.4, 0.5) is 0 Å². The molecule has 1 aliphatic rings. The van der Waals surface area contributed by atoms with Crippen LogP contribution in [0.15, 0.2) is 24.7 Å². The highest BCUT2D eigenvalue weighted by Gasteiger charge is 2.18. The summed E-state index contributed by atoms with van der Waals surface area (Å²) in [5.41, 5.74) is 1.38. The second-order valence-corrected chi connectivity index (χ2v) is 5.04. The third-order valence-corrected chi connectivity index (χ3v) is 3.31. The SMILES string of the molecule is CC(C)n1cncc1COc1cc2c(cc1C=O)OCO2. The van der Waals surface area contributed by atoms with Gasteiger partial charge in [0.25, 0.3) is 0 Å². The Balaban J connectivity index is 1.82. The monoisotopic (exact) mass is 288 g/mol. The molecule has 0 radical (unpaired) electrons. The lowest BCUT2D eigenvalue weighted by molar-refractivity contribution is 0.111. The standard InChI is InChI=1S/C15H16N2O4/c1-10(2)17-8-16-5-12(17)7-19-13-4-15-14(20-9-21-15)3-11(13)6-18/h3-6,8,10H,7,9H2,1-2H3. The summed E-state index contributed by atoms with van der Waals surface area (Å²) >= 11 is 0. The summed E-state index contributed by atoms with van der Waals surface area (Å²) in [5.74, 6) is 1.63. The van der Waals surface area contributed by atoms with Crippen LogP contribution in [0.3, 0.4) is 0 Å². The molecule has 0 unspecified atom stereocenters. The quantitative estimate of drug-likeness (QED) is 0.791. The van der Waals surface area contributed by atoms with Gasteiger partial charge in [-0.25, -0.2) is 4.98 Å². The number of hydrogen-bond acceptors (Lipinski definition) is 5. The molecule has 110 valence electrons. The van der Waals surface area contributed by atoms with Crippen molar-refractivity contribution in [1.82, 2.24) is 9.55 Å². The summed E-state index contributed by atoms with van der Waals surface area (Å²) in [4.78, 5) is 15.3. The Labute approximate surface area is 122 Å². The van der Waals surface area contributed by atoms with Crippen LogP contribution in [-0.2, 0) is 6.61 Å². The van der Waals surface area contributed by atoms with E-state index in [-0.39, 0.29) is 6.79 Å². The van der Waals surface area contributed by atoms with Gasteiger partial charge in [0.05, 0.1) is 23.8 Å². The van der Waals surface area contributed by atoms with Crippen molar-refractivity contribution in [1.29, 1.82) is 0 Å². The van der Waals surface area contributed by atoms with E-state index in [2.05, 4.69) is 18.8 Å². The first-order chi connectivity index (χ1) is 10.2. The Kier molecular flexibility index (Phi) is 3.51. The zero-order valence-corrected chi connectivity index (χ0v) is 11.9. The van der Waals surface area contributed by atoms with Crippen LogP contribution >= 0.6 is 0 Å². The van der Waals surface area contributed by atoms with Crippen molar-refractivity contribution in [2.45, 2.75) is 26.5 Å². The molecule has 6 nitrogen and oxygen atoms in total. The third-order valence-electron chi connectivity index (χ3n) is 3.31. The maximum absolute atomic E-state index is 11.2. The number of rotatable bonds is 5. The van der Waals surface area contributed by atoms with Crippen LogP contribution in [0.1, 0.15) is 35.9 Å². The van der Waals surface area contributed by atoms with Crippen LogP contribution in [0, 0.1) is 0 Å². The molecule has 1 aromatic carbocycles.